The van der Waals surface area contributed by atoms with Gasteiger partial charge in [-0.2, -0.15) is 0 Å². The summed E-state index contributed by atoms with van der Waals surface area (Å²) in [6.45, 7) is 7.94. The third-order valence-corrected chi connectivity index (χ3v) is 1.21. The summed E-state index contributed by atoms with van der Waals surface area (Å²) in [4.78, 5) is 0. The molecule has 0 aliphatic carbocycles. The van der Waals surface area contributed by atoms with Crippen LogP contribution in [0.15, 0.2) is 0 Å². The molecule has 3 nitrogen and oxygen atoms in total. The molecule has 0 radical (unpaired) electrons. The Hall–Kier alpha value is -0.120. The van der Waals surface area contributed by atoms with Crippen LogP contribution in [0, 0.1) is 0 Å². The highest BCUT2D eigenvalue weighted by Crippen LogP contribution is 2.00. The second kappa shape index (κ2) is 29.3. The van der Waals surface area contributed by atoms with Gasteiger partial charge in [0.2, 0.25) is 0 Å². The van der Waals surface area contributed by atoms with Gasteiger partial charge in [0.15, 0.2) is 0 Å². The molecular weight excluding hydrogens is 178 g/mol. The Bertz CT molecular complexity index is 52.5. The largest absolute Gasteiger partial charge is 0.400 e. The molecule has 0 heterocycles. The zero-order valence-corrected chi connectivity index (χ0v) is 10.7. The molecule has 5 N–H and O–H groups in total. The summed E-state index contributed by atoms with van der Waals surface area (Å²) in [6, 6.07) is 0. The second-order valence-electron chi connectivity index (χ2n) is 3.15. The number of aliphatic hydroxyl groups excluding tert-OH is 2. The molecule has 0 atom stereocenters. The van der Waals surface area contributed by atoms with Gasteiger partial charge in [0.05, 0.1) is 0 Å². The minimum absolute atomic E-state index is 0. The lowest BCUT2D eigenvalue weighted by molar-refractivity contribution is 0.216. The highest BCUT2D eigenvalue weighted by Gasteiger charge is 1.80. The monoisotopic (exact) mass is 209 g/mol. The topological polar surface area (TPSA) is 75.5 Å². The Morgan fingerprint density at radius 3 is 1.21 bits per heavy atom. The fourth-order valence-electron chi connectivity index (χ4n) is 0.677. The van der Waals surface area contributed by atoms with Gasteiger partial charge in [0.1, 0.15) is 0 Å². The van der Waals surface area contributed by atoms with Gasteiger partial charge in [-0.3, -0.25) is 0 Å². The first kappa shape index (κ1) is 23.6. The Kier molecular flexibility index (Phi) is 49.3. The Morgan fingerprint density at radius 2 is 1.07 bits per heavy atom. The molecule has 0 rings (SSSR count). The molecule has 0 aliphatic heterocycles. The fraction of sp³-hybridized carbons (Fsp3) is 1.00. The smallest absolute Gasteiger partial charge is 0.0483 e. The van der Waals surface area contributed by atoms with Gasteiger partial charge in [0, 0.05) is 13.2 Å². The van der Waals surface area contributed by atoms with Crippen LogP contribution in [0.3, 0.4) is 0 Å². The maximum Gasteiger partial charge on any atom is 0.0483 e. The van der Waals surface area contributed by atoms with Gasteiger partial charge in [-0.15, -0.1) is 0 Å². The maximum absolute atomic E-state index is 8.06. The minimum atomic E-state index is -0.167. The third-order valence-electron chi connectivity index (χ3n) is 1.21. The molecular formula is C11H31NO2. The van der Waals surface area contributed by atoms with Gasteiger partial charge < -0.3 is 16.4 Å². The lowest BCUT2D eigenvalue weighted by Gasteiger charge is -1.90. The van der Waals surface area contributed by atoms with Crippen LogP contribution < -0.4 is 6.15 Å². The van der Waals surface area contributed by atoms with E-state index in [-0.39, 0.29) is 12.3 Å². The molecule has 0 fully saturated rings. The van der Waals surface area contributed by atoms with Crippen molar-refractivity contribution in [3.8, 4) is 0 Å². The molecule has 0 aromatic rings. The van der Waals surface area contributed by atoms with Crippen LogP contribution in [0.5, 0.6) is 0 Å². The molecule has 0 bridgehead atoms. The standard InChI is InChI=1S/C7H16.C3H8O.CH4O.H3N/c1-3-5-7-6-4-2;1-3(2)4;1-2;/h3-7H2,1-2H3;3-4H,1-2H3;2H,1H3;1H3. The van der Waals surface area contributed by atoms with Crippen molar-refractivity contribution in [2.45, 2.75) is 65.9 Å². The molecule has 0 saturated carbocycles. The lowest BCUT2D eigenvalue weighted by Crippen LogP contribution is -1.85. The summed E-state index contributed by atoms with van der Waals surface area (Å²) in [5.41, 5.74) is 0. The molecule has 0 aromatic heterocycles. The summed E-state index contributed by atoms with van der Waals surface area (Å²) in [6.07, 6.45) is 6.84. The average Bonchev–Trinajstić information content (AvgIpc) is 2.08. The predicted molar refractivity (Wildman–Crippen MR) is 65.0 cm³/mol. The first-order valence-electron chi connectivity index (χ1n) is 5.27. The summed E-state index contributed by atoms with van der Waals surface area (Å²) >= 11 is 0. The molecule has 0 aliphatic rings. The molecule has 14 heavy (non-hydrogen) atoms. The first-order chi connectivity index (χ1) is 6.15. The van der Waals surface area contributed by atoms with Crippen LogP contribution in [0.25, 0.3) is 0 Å². The van der Waals surface area contributed by atoms with Gasteiger partial charge in [-0.05, 0) is 13.8 Å². The van der Waals surface area contributed by atoms with Gasteiger partial charge >= 0.3 is 0 Å². The lowest BCUT2D eigenvalue weighted by atomic mass is 10.2. The van der Waals surface area contributed by atoms with E-state index in [9.17, 15) is 0 Å². The summed E-state index contributed by atoms with van der Waals surface area (Å²) in [7, 11) is 1.00. The molecule has 0 spiro atoms. The van der Waals surface area contributed by atoms with E-state index < -0.39 is 0 Å². The van der Waals surface area contributed by atoms with Gasteiger partial charge in [-0.1, -0.05) is 46.0 Å². The SMILES string of the molecule is CC(C)O.CCCCCCC.CO.N. The highest BCUT2D eigenvalue weighted by atomic mass is 16.3. The van der Waals surface area contributed by atoms with Crippen LogP contribution >= 0.6 is 0 Å². The molecule has 92 valence electrons. The van der Waals surface area contributed by atoms with Crippen molar-refractivity contribution in [2.24, 2.45) is 0 Å². The number of aliphatic hydroxyl groups is 2. The van der Waals surface area contributed by atoms with Crippen LogP contribution in [-0.2, 0) is 0 Å². The molecule has 0 aromatic carbocycles. The molecule has 0 amide bonds. The van der Waals surface area contributed by atoms with E-state index >= 15 is 0 Å². The van der Waals surface area contributed by atoms with Crippen LogP contribution in [0.2, 0.25) is 0 Å². The quantitative estimate of drug-likeness (QED) is 0.623. The van der Waals surface area contributed by atoms with Crippen molar-refractivity contribution >= 4 is 0 Å². The summed E-state index contributed by atoms with van der Waals surface area (Å²) < 4.78 is 0. The zero-order chi connectivity index (χ0) is 11.1. The highest BCUT2D eigenvalue weighted by molar-refractivity contribution is 4.35. The van der Waals surface area contributed by atoms with Crippen molar-refractivity contribution in [1.82, 2.24) is 6.15 Å². The van der Waals surface area contributed by atoms with E-state index in [1.807, 2.05) is 0 Å². The van der Waals surface area contributed by atoms with Crippen molar-refractivity contribution in [3.05, 3.63) is 0 Å². The van der Waals surface area contributed by atoms with Gasteiger partial charge in [-0.25, -0.2) is 0 Å². The first-order valence-corrected chi connectivity index (χ1v) is 5.27. The number of hydrogen-bond acceptors (Lipinski definition) is 3. The molecule has 3 heteroatoms. The number of hydrogen-bond donors (Lipinski definition) is 3. The fourth-order valence-corrected chi connectivity index (χ4v) is 0.677. The Labute approximate surface area is 90.1 Å². The van der Waals surface area contributed by atoms with Crippen molar-refractivity contribution in [3.63, 3.8) is 0 Å². The van der Waals surface area contributed by atoms with Crippen molar-refractivity contribution < 1.29 is 10.2 Å². The molecule has 0 saturated heterocycles. The van der Waals surface area contributed by atoms with E-state index in [2.05, 4.69) is 13.8 Å². The zero-order valence-electron chi connectivity index (χ0n) is 10.7. The second-order valence-corrected chi connectivity index (χ2v) is 3.15. The Morgan fingerprint density at radius 1 is 0.857 bits per heavy atom. The normalized spacial score (nSPS) is 7.71. The Balaban J connectivity index is -0.0000000620. The van der Waals surface area contributed by atoms with Crippen LogP contribution in [0.4, 0.5) is 0 Å². The minimum Gasteiger partial charge on any atom is -0.400 e. The van der Waals surface area contributed by atoms with E-state index in [0.717, 1.165) is 7.11 Å². The van der Waals surface area contributed by atoms with Gasteiger partial charge in [0.25, 0.3) is 0 Å². The number of rotatable bonds is 4. The van der Waals surface area contributed by atoms with E-state index in [0.29, 0.717) is 0 Å². The maximum atomic E-state index is 8.06. The predicted octanol–water partition coefficient (Wildman–Crippen LogP) is 3.13. The van der Waals surface area contributed by atoms with E-state index in [1.54, 1.807) is 13.8 Å². The van der Waals surface area contributed by atoms with Crippen molar-refractivity contribution in [1.29, 1.82) is 0 Å². The third kappa shape index (κ3) is 93.4. The van der Waals surface area contributed by atoms with E-state index in [4.69, 9.17) is 10.2 Å². The van der Waals surface area contributed by atoms with Crippen LogP contribution in [0.1, 0.15) is 59.8 Å². The molecule has 0 unspecified atom stereocenters. The number of unbranched alkanes of at least 4 members (excludes halogenated alkanes) is 4. The average molecular weight is 209 g/mol. The van der Waals surface area contributed by atoms with Crippen molar-refractivity contribution in [2.75, 3.05) is 7.11 Å². The van der Waals surface area contributed by atoms with Crippen LogP contribution in [-0.4, -0.2) is 23.4 Å². The summed E-state index contributed by atoms with van der Waals surface area (Å²) in [5.74, 6) is 0. The summed E-state index contributed by atoms with van der Waals surface area (Å²) in [5, 5.41) is 15.1. The van der Waals surface area contributed by atoms with E-state index in [1.165, 1.54) is 32.1 Å².